The molecule has 0 aliphatic rings. The zero-order chi connectivity index (χ0) is 20.7. The van der Waals surface area contributed by atoms with Crippen molar-refractivity contribution in [3.05, 3.63) is 66.2 Å². The van der Waals surface area contributed by atoms with Crippen LogP contribution < -0.4 is 15.2 Å². The van der Waals surface area contributed by atoms with Gasteiger partial charge in [0.15, 0.2) is 0 Å². The van der Waals surface area contributed by atoms with Crippen LogP contribution in [0.5, 0.6) is 17.2 Å². The molecular formula is C24H29NO4. The van der Waals surface area contributed by atoms with Crippen molar-refractivity contribution in [2.24, 2.45) is 5.73 Å². The third-order valence-electron chi connectivity index (χ3n) is 5.01. The van der Waals surface area contributed by atoms with Gasteiger partial charge in [0, 0.05) is 6.07 Å². The van der Waals surface area contributed by atoms with Crippen molar-refractivity contribution in [1.82, 2.24) is 0 Å². The fraction of sp³-hybridized carbons (Fsp3) is 0.333. The van der Waals surface area contributed by atoms with E-state index in [1.807, 2.05) is 60.7 Å². The number of unbranched alkanes of at least 4 members (excludes halogenated alkanes) is 2. The van der Waals surface area contributed by atoms with E-state index in [-0.39, 0.29) is 13.2 Å². The molecule has 3 rings (SSSR count). The lowest BCUT2D eigenvalue weighted by Gasteiger charge is -2.25. The summed E-state index contributed by atoms with van der Waals surface area (Å²) < 4.78 is 11.8. The Morgan fingerprint density at radius 3 is 2.28 bits per heavy atom. The minimum Gasteiger partial charge on any atom is -0.493 e. The van der Waals surface area contributed by atoms with Gasteiger partial charge in [0.25, 0.3) is 0 Å². The fourth-order valence-corrected chi connectivity index (χ4v) is 3.14. The quantitative estimate of drug-likeness (QED) is 0.445. The van der Waals surface area contributed by atoms with Crippen LogP contribution >= 0.6 is 0 Å². The Labute approximate surface area is 171 Å². The molecule has 0 heterocycles. The Morgan fingerprint density at radius 2 is 1.52 bits per heavy atom. The SMILES string of the molecule is CCCCCOc1cccc(Oc2ccc3cc(C(N)(CO)CO)ccc3c2)c1. The molecule has 0 aromatic heterocycles. The second-order valence-electron chi connectivity index (χ2n) is 7.33. The van der Waals surface area contributed by atoms with Crippen LogP contribution in [0.1, 0.15) is 31.7 Å². The van der Waals surface area contributed by atoms with Gasteiger partial charge in [-0.15, -0.1) is 0 Å². The van der Waals surface area contributed by atoms with Gasteiger partial charge in [-0.2, -0.15) is 0 Å². The van der Waals surface area contributed by atoms with E-state index in [1.54, 1.807) is 0 Å². The third kappa shape index (κ3) is 5.26. The number of ether oxygens (including phenoxy) is 2. The number of hydrogen-bond acceptors (Lipinski definition) is 5. The first kappa shape index (κ1) is 21.1. The molecule has 0 radical (unpaired) electrons. The predicted molar refractivity (Wildman–Crippen MR) is 116 cm³/mol. The molecular weight excluding hydrogens is 366 g/mol. The lowest BCUT2D eigenvalue weighted by molar-refractivity contribution is 0.121. The van der Waals surface area contributed by atoms with Crippen molar-refractivity contribution in [2.45, 2.75) is 31.7 Å². The van der Waals surface area contributed by atoms with E-state index in [9.17, 15) is 10.2 Å². The van der Waals surface area contributed by atoms with Gasteiger partial charge in [-0.05, 0) is 53.1 Å². The van der Waals surface area contributed by atoms with E-state index >= 15 is 0 Å². The minimum atomic E-state index is -1.15. The normalized spacial score (nSPS) is 11.6. The van der Waals surface area contributed by atoms with Crippen LogP contribution in [0.4, 0.5) is 0 Å². The zero-order valence-corrected chi connectivity index (χ0v) is 16.8. The molecule has 3 aromatic rings. The van der Waals surface area contributed by atoms with Crippen molar-refractivity contribution in [1.29, 1.82) is 0 Å². The van der Waals surface area contributed by atoms with Gasteiger partial charge in [0.2, 0.25) is 0 Å². The smallest absolute Gasteiger partial charge is 0.131 e. The number of benzene rings is 3. The molecule has 3 aromatic carbocycles. The standard InChI is InChI=1S/C24H29NO4/c1-2-3-4-12-28-21-6-5-7-22(15-21)29-23-11-9-18-13-20(10-8-19(18)14-23)24(25,16-26)17-27/h5-11,13-15,26-27H,2-4,12,16-17,25H2,1H3. The van der Waals surface area contributed by atoms with Gasteiger partial charge < -0.3 is 25.4 Å². The summed E-state index contributed by atoms with van der Waals surface area (Å²) in [6, 6.07) is 19.0. The number of rotatable bonds is 10. The minimum absolute atomic E-state index is 0.326. The van der Waals surface area contributed by atoms with E-state index in [0.717, 1.165) is 40.9 Å². The van der Waals surface area contributed by atoms with E-state index in [1.165, 1.54) is 6.42 Å². The molecule has 0 amide bonds. The summed E-state index contributed by atoms with van der Waals surface area (Å²) in [7, 11) is 0. The van der Waals surface area contributed by atoms with E-state index < -0.39 is 5.54 Å². The van der Waals surface area contributed by atoms with Gasteiger partial charge >= 0.3 is 0 Å². The average molecular weight is 395 g/mol. The summed E-state index contributed by atoms with van der Waals surface area (Å²) in [6.07, 6.45) is 3.38. The highest BCUT2D eigenvalue weighted by Gasteiger charge is 2.25. The van der Waals surface area contributed by atoms with E-state index in [0.29, 0.717) is 12.2 Å². The fourth-order valence-electron chi connectivity index (χ4n) is 3.14. The Morgan fingerprint density at radius 1 is 0.828 bits per heavy atom. The number of fused-ring (bicyclic) bond motifs is 1. The molecule has 0 aliphatic carbocycles. The first-order valence-electron chi connectivity index (χ1n) is 10.0. The molecule has 0 atom stereocenters. The zero-order valence-electron chi connectivity index (χ0n) is 16.8. The summed E-state index contributed by atoms with van der Waals surface area (Å²) in [5, 5.41) is 21.0. The molecule has 5 heteroatoms. The molecule has 29 heavy (non-hydrogen) atoms. The molecule has 0 fully saturated rings. The molecule has 154 valence electrons. The first-order valence-corrected chi connectivity index (χ1v) is 10.0. The maximum atomic E-state index is 9.51. The average Bonchev–Trinajstić information content (AvgIpc) is 2.76. The number of aliphatic hydroxyl groups excluding tert-OH is 2. The Kier molecular flexibility index (Phi) is 7.09. The van der Waals surface area contributed by atoms with Crippen LogP contribution in [0.3, 0.4) is 0 Å². The summed E-state index contributed by atoms with van der Waals surface area (Å²) in [6.45, 7) is 2.23. The second kappa shape index (κ2) is 9.74. The number of aliphatic hydroxyl groups is 2. The second-order valence-corrected chi connectivity index (χ2v) is 7.33. The molecule has 0 saturated carbocycles. The summed E-state index contributed by atoms with van der Waals surface area (Å²) in [5.41, 5.74) is 5.61. The first-order chi connectivity index (χ1) is 14.1. The highest BCUT2D eigenvalue weighted by Crippen LogP contribution is 2.30. The van der Waals surface area contributed by atoms with Gasteiger partial charge in [-0.25, -0.2) is 0 Å². The lowest BCUT2D eigenvalue weighted by Crippen LogP contribution is -2.44. The van der Waals surface area contributed by atoms with E-state index in [4.69, 9.17) is 15.2 Å². The summed E-state index contributed by atoms with van der Waals surface area (Å²) >= 11 is 0. The van der Waals surface area contributed by atoms with Crippen molar-refractivity contribution < 1.29 is 19.7 Å². The number of nitrogens with two attached hydrogens (primary N) is 1. The largest absolute Gasteiger partial charge is 0.493 e. The molecule has 0 saturated heterocycles. The highest BCUT2D eigenvalue weighted by molar-refractivity contribution is 5.84. The Bertz CT molecular complexity index is 937. The molecule has 0 bridgehead atoms. The molecule has 0 aliphatic heterocycles. The lowest BCUT2D eigenvalue weighted by atomic mass is 9.91. The van der Waals surface area contributed by atoms with E-state index in [2.05, 4.69) is 6.92 Å². The van der Waals surface area contributed by atoms with Gasteiger partial charge in [-0.1, -0.05) is 44.0 Å². The molecule has 4 N–H and O–H groups in total. The van der Waals surface area contributed by atoms with Crippen LogP contribution in [0.15, 0.2) is 60.7 Å². The van der Waals surface area contributed by atoms with Crippen LogP contribution in [0, 0.1) is 0 Å². The molecule has 0 unspecified atom stereocenters. The van der Waals surface area contributed by atoms with Gasteiger partial charge in [0.1, 0.15) is 17.2 Å². The highest BCUT2D eigenvalue weighted by atomic mass is 16.5. The topological polar surface area (TPSA) is 84.9 Å². The van der Waals surface area contributed by atoms with Crippen LogP contribution in [-0.4, -0.2) is 30.0 Å². The van der Waals surface area contributed by atoms with Crippen molar-refractivity contribution in [3.63, 3.8) is 0 Å². The summed E-state index contributed by atoms with van der Waals surface area (Å²) in [5.74, 6) is 2.24. The molecule has 5 nitrogen and oxygen atoms in total. The van der Waals surface area contributed by atoms with Crippen molar-refractivity contribution in [3.8, 4) is 17.2 Å². The van der Waals surface area contributed by atoms with Crippen LogP contribution in [0.25, 0.3) is 10.8 Å². The van der Waals surface area contributed by atoms with Gasteiger partial charge in [0.05, 0.1) is 25.4 Å². The maximum Gasteiger partial charge on any atom is 0.131 e. The van der Waals surface area contributed by atoms with Gasteiger partial charge in [-0.3, -0.25) is 0 Å². The molecule has 0 spiro atoms. The van der Waals surface area contributed by atoms with Crippen LogP contribution in [0.2, 0.25) is 0 Å². The van der Waals surface area contributed by atoms with Crippen molar-refractivity contribution in [2.75, 3.05) is 19.8 Å². The van der Waals surface area contributed by atoms with Crippen LogP contribution in [-0.2, 0) is 5.54 Å². The summed E-state index contributed by atoms with van der Waals surface area (Å²) in [4.78, 5) is 0. The Balaban J connectivity index is 1.74. The Hall–Kier alpha value is -2.60. The third-order valence-corrected chi connectivity index (χ3v) is 5.01. The number of hydrogen-bond donors (Lipinski definition) is 3. The van der Waals surface area contributed by atoms with Crippen molar-refractivity contribution >= 4 is 10.8 Å². The predicted octanol–water partition coefficient (Wildman–Crippen LogP) is 4.34. The maximum absolute atomic E-state index is 9.51. The monoisotopic (exact) mass is 395 g/mol.